The Morgan fingerprint density at radius 3 is 2.46 bits per heavy atom. The van der Waals surface area contributed by atoms with Crippen LogP contribution < -0.4 is 10.1 Å². The zero-order valence-corrected chi connectivity index (χ0v) is 25.4. The summed E-state index contributed by atoms with van der Waals surface area (Å²) < 4.78 is 12.9. The van der Waals surface area contributed by atoms with Crippen LogP contribution in [0.15, 0.2) is 58.4 Å². The monoisotopic (exact) mass is 559 g/mol. The van der Waals surface area contributed by atoms with Gasteiger partial charge in [-0.2, -0.15) is 0 Å². The number of hydrogen-bond donors (Lipinski definition) is 3. The number of fused-ring (bicyclic) bond motifs is 5. The van der Waals surface area contributed by atoms with Crippen LogP contribution in [0.5, 0.6) is 5.75 Å². The number of rotatable bonds is 1. The third-order valence-corrected chi connectivity index (χ3v) is 12.2. The number of aliphatic hydroxyl groups is 2. The summed E-state index contributed by atoms with van der Waals surface area (Å²) >= 11 is 0. The van der Waals surface area contributed by atoms with E-state index in [2.05, 4.69) is 52.9 Å². The van der Waals surface area contributed by atoms with Crippen LogP contribution >= 0.6 is 0 Å². The Bertz CT molecular complexity index is 1390. The fraction of sp³-hybridized carbons (Fsp3) is 0.629. The number of amides is 1. The van der Waals surface area contributed by atoms with Crippen molar-refractivity contribution >= 4 is 5.91 Å². The molecule has 6 heteroatoms. The first-order valence-electron chi connectivity index (χ1n) is 15.6. The molecule has 2 saturated carbocycles. The van der Waals surface area contributed by atoms with Gasteiger partial charge in [0.05, 0.1) is 5.57 Å². The van der Waals surface area contributed by atoms with Crippen molar-refractivity contribution < 1.29 is 24.5 Å². The Morgan fingerprint density at radius 1 is 1.07 bits per heavy atom. The van der Waals surface area contributed by atoms with Gasteiger partial charge in [-0.25, -0.2) is 0 Å². The molecule has 0 spiro atoms. The first-order chi connectivity index (χ1) is 19.4. The largest absolute Gasteiger partial charge is 0.511 e. The lowest BCUT2D eigenvalue weighted by molar-refractivity contribution is -0.122. The third-order valence-electron chi connectivity index (χ3n) is 12.2. The molecule has 41 heavy (non-hydrogen) atoms. The fourth-order valence-corrected chi connectivity index (χ4v) is 10.9. The van der Waals surface area contributed by atoms with E-state index in [1.54, 1.807) is 0 Å². The molecule has 3 heterocycles. The van der Waals surface area contributed by atoms with Gasteiger partial charge in [-0.1, -0.05) is 62.6 Å². The molecule has 0 radical (unpaired) electrons. The molecule has 0 aromatic heterocycles. The second kappa shape index (κ2) is 8.97. The van der Waals surface area contributed by atoms with Crippen molar-refractivity contribution in [3.63, 3.8) is 0 Å². The number of carbonyl (C=O) groups excluding carboxylic acids is 1. The van der Waals surface area contributed by atoms with E-state index in [9.17, 15) is 15.0 Å². The van der Waals surface area contributed by atoms with E-state index in [1.807, 2.05) is 24.3 Å². The van der Waals surface area contributed by atoms with Crippen LogP contribution in [0.3, 0.4) is 0 Å². The van der Waals surface area contributed by atoms with Crippen LogP contribution in [-0.2, 0) is 16.0 Å². The number of aliphatic hydroxyl groups excluding tert-OH is 1. The molecule has 1 aromatic carbocycles. The lowest BCUT2D eigenvalue weighted by Crippen LogP contribution is -2.51. The summed E-state index contributed by atoms with van der Waals surface area (Å²) in [7, 11) is 1.51. The smallest absolute Gasteiger partial charge is 0.255 e. The number of allylic oxidation sites excluding steroid dienone is 5. The maximum atomic E-state index is 13.7. The first kappa shape index (κ1) is 27.3. The highest BCUT2D eigenvalue weighted by molar-refractivity contribution is 5.98. The fourth-order valence-electron chi connectivity index (χ4n) is 10.9. The molecule has 12 atom stereocenters. The average molecular weight is 560 g/mol. The van der Waals surface area contributed by atoms with Crippen LogP contribution in [0.1, 0.15) is 59.9 Å². The Labute approximate surface area is 243 Å². The van der Waals surface area contributed by atoms with E-state index < -0.39 is 23.2 Å². The summed E-state index contributed by atoms with van der Waals surface area (Å²) in [6, 6.07) is 7.93. The molecular weight excluding hydrogens is 514 g/mol. The molecule has 8 rings (SSSR count). The van der Waals surface area contributed by atoms with Gasteiger partial charge in [-0.15, -0.1) is 0 Å². The van der Waals surface area contributed by atoms with Gasteiger partial charge in [0.1, 0.15) is 23.7 Å². The molecular formula is C35H45NO5. The minimum absolute atomic E-state index is 0.0345. The summed E-state index contributed by atoms with van der Waals surface area (Å²) in [5.74, 6) is 2.40. The van der Waals surface area contributed by atoms with Gasteiger partial charge in [0.25, 0.3) is 5.91 Å². The quantitative estimate of drug-likeness (QED) is 0.383. The summed E-state index contributed by atoms with van der Waals surface area (Å²) in [5, 5.41) is 27.2. The Kier molecular flexibility index (Phi) is 5.97. The molecule has 1 aromatic rings. The predicted molar refractivity (Wildman–Crippen MR) is 157 cm³/mol. The van der Waals surface area contributed by atoms with Gasteiger partial charge in [0.15, 0.2) is 5.72 Å². The maximum absolute atomic E-state index is 13.7. The van der Waals surface area contributed by atoms with E-state index in [-0.39, 0.29) is 47.5 Å². The van der Waals surface area contributed by atoms with E-state index in [0.717, 1.165) is 17.7 Å². The summed E-state index contributed by atoms with van der Waals surface area (Å²) in [4.78, 5) is 13.7. The second-order valence-electron chi connectivity index (χ2n) is 14.6. The van der Waals surface area contributed by atoms with Crippen molar-refractivity contribution in [3.05, 3.63) is 64.0 Å². The zero-order chi connectivity index (χ0) is 29.2. The molecule has 7 aliphatic rings. The second-order valence-corrected chi connectivity index (χ2v) is 14.6. The van der Waals surface area contributed by atoms with Gasteiger partial charge >= 0.3 is 0 Å². The number of benzene rings is 1. The number of nitrogens with one attached hydrogen (secondary N) is 1. The van der Waals surface area contributed by atoms with Crippen LogP contribution in [0.4, 0.5) is 0 Å². The Morgan fingerprint density at radius 2 is 1.78 bits per heavy atom. The van der Waals surface area contributed by atoms with Crippen molar-refractivity contribution in [2.45, 2.75) is 78.7 Å². The first-order valence-corrected chi connectivity index (χ1v) is 15.6. The third kappa shape index (κ3) is 3.59. The number of methoxy groups -OCH3 is 1. The Hall–Kier alpha value is -2.57. The number of carbonyl (C=O) groups is 1. The van der Waals surface area contributed by atoms with Gasteiger partial charge in [0, 0.05) is 36.7 Å². The van der Waals surface area contributed by atoms with Crippen LogP contribution in [0, 0.1) is 52.8 Å². The van der Waals surface area contributed by atoms with E-state index in [1.165, 1.54) is 30.2 Å². The van der Waals surface area contributed by atoms with E-state index in [0.29, 0.717) is 23.7 Å². The van der Waals surface area contributed by atoms with Crippen LogP contribution in [0.2, 0.25) is 0 Å². The summed E-state index contributed by atoms with van der Waals surface area (Å²) in [5.41, 5.74) is 2.99. The highest BCUT2D eigenvalue weighted by Crippen LogP contribution is 2.68. The zero-order valence-electron chi connectivity index (χ0n) is 25.4. The molecule has 3 N–H and O–H groups in total. The SMILES string of the molecule is CO[C@@H]1/C2=C(/O)[C@H]3[C@H]4[C@H](Oc5ccc(cc5)C[C@]1(O)NC2=O)[C@H]1[C@@H](C[C@H](C)C[C@@H]1C)[C@@H]4C(C)=C1[C@@H](C)C(C)=C[C@@]13C. The van der Waals surface area contributed by atoms with Crippen LogP contribution in [-0.4, -0.2) is 41.2 Å². The topological polar surface area (TPSA) is 88.0 Å². The van der Waals surface area contributed by atoms with Gasteiger partial charge in [-0.3, -0.25) is 4.79 Å². The highest BCUT2D eigenvalue weighted by atomic mass is 16.5. The molecule has 4 aliphatic carbocycles. The number of hydrogen-bond acceptors (Lipinski definition) is 5. The van der Waals surface area contributed by atoms with Crippen LogP contribution in [0.25, 0.3) is 0 Å². The molecule has 4 bridgehead atoms. The molecule has 220 valence electrons. The van der Waals surface area contributed by atoms with Crippen molar-refractivity contribution in [3.8, 4) is 5.75 Å². The van der Waals surface area contributed by atoms with Crippen molar-refractivity contribution in [2.75, 3.05) is 7.11 Å². The van der Waals surface area contributed by atoms with Gasteiger partial charge in [0.2, 0.25) is 0 Å². The standard InChI is InChI=1S/C35H45NO5/c1-16-12-17(2)24-23(13-16)25-20(5)28-19(4)18(3)14-34(28,6)29-26(25)31(24)41-22-10-8-21(9-11-22)15-35(39)32(40-7)27(30(29)37)33(38)36-35/h8-11,14,16-17,19,23-26,29,31-32,37,39H,12-13,15H2,1-7H3,(H,36,38)/b30-27-/t16-,17+,19+,23-,24-,25+,26+,29-,31-,32-,34+,35-/m1/s1. The molecule has 1 amide bonds. The molecule has 3 fully saturated rings. The summed E-state index contributed by atoms with van der Waals surface area (Å²) in [6.45, 7) is 13.8. The summed E-state index contributed by atoms with van der Waals surface area (Å²) in [6.07, 6.45) is 3.69. The van der Waals surface area contributed by atoms with Crippen molar-refractivity contribution in [1.29, 1.82) is 0 Å². The predicted octanol–water partition coefficient (Wildman–Crippen LogP) is 5.73. The van der Waals surface area contributed by atoms with Gasteiger partial charge < -0.3 is 25.0 Å². The van der Waals surface area contributed by atoms with E-state index >= 15 is 0 Å². The molecule has 0 unspecified atom stereocenters. The minimum Gasteiger partial charge on any atom is -0.511 e. The normalized spacial score (nSPS) is 48.3. The highest BCUT2D eigenvalue weighted by Gasteiger charge is 2.66. The lowest BCUT2D eigenvalue weighted by Gasteiger charge is -2.49. The minimum atomic E-state index is -1.67. The molecule has 1 saturated heterocycles. The average Bonchev–Trinajstić information content (AvgIpc) is 3.43. The lowest BCUT2D eigenvalue weighted by atomic mass is 9.55. The van der Waals surface area contributed by atoms with Gasteiger partial charge in [-0.05, 0) is 74.0 Å². The molecule has 6 nitrogen and oxygen atoms in total. The maximum Gasteiger partial charge on any atom is 0.255 e. The number of ether oxygens (including phenoxy) is 2. The Balaban J connectivity index is 1.54. The van der Waals surface area contributed by atoms with E-state index in [4.69, 9.17) is 9.47 Å². The van der Waals surface area contributed by atoms with Crippen molar-refractivity contribution in [2.24, 2.45) is 52.8 Å². The molecule has 3 aliphatic heterocycles. The van der Waals surface area contributed by atoms with Crippen molar-refractivity contribution in [1.82, 2.24) is 5.32 Å².